The number of ether oxygens (including phenoxy) is 1. The Balaban J connectivity index is 1.57. The molecular weight excluding hydrogens is 400 g/mol. The van der Waals surface area contributed by atoms with Crippen molar-refractivity contribution in [1.29, 1.82) is 0 Å². The maximum atomic E-state index is 12.1. The summed E-state index contributed by atoms with van der Waals surface area (Å²) in [7, 11) is 1.52. The van der Waals surface area contributed by atoms with Crippen LogP contribution in [0.15, 0.2) is 52.2 Å². The summed E-state index contributed by atoms with van der Waals surface area (Å²) < 4.78 is 6.29. The van der Waals surface area contributed by atoms with Crippen LogP contribution >= 0.6 is 15.9 Å². The SMILES string of the molecule is CN1N=C(C(=O)Oc2ccc(NCc3cccc(Br)c3)nc2)CCC1=O. The van der Waals surface area contributed by atoms with Crippen LogP contribution in [0.3, 0.4) is 0 Å². The van der Waals surface area contributed by atoms with Gasteiger partial charge < -0.3 is 10.1 Å². The van der Waals surface area contributed by atoms with Crippen molar-refractivity contribution in [3.8, 4) is 5.75 Å². The Morgan fingerprint density at radius 2 is 2.15 bits per heavy atom. The Kier molecular flexibility index (Phi) is 5.62. The van der Waals surface area contributed by atoms with Crippen LogP contribution in [0.4, 0.5) is 5.82 Å². The molecule has 1 aliphatic rings. The molecule has 0 bridgehead atoms. The van der Waals surface area contributed by atoms with E-state index in [1.54, 1.807) is 12.1 Å². The van der Waals surface area contributed by atoms with E-state index in [-0.39, 0.29) is 24.5 Å². The van der Waals surface area contributed by atoms with Gasteiger partial charge in [0.1, 0.15) is 17.3 Å². The molecule has 0 atom stereocenters. The highest BCUT2D eigenvalue weighted by Gasteiger charge is 2.23. The Bertz CT molecular complexity index is 852. The zero-order chi connectivity index (χ0) is 18.5. The smallest absolute Gasteiger partial charge is 0.359 e. The minimum Gasteiger partial charge on any atom is -0.420 e. The molecule has 26 heavy (non-hydrogen) atoms. The van der Waals surface area contributed by atoms with Crippen LogP contribution in [0, 0.1) is 0 Å². The van der Waals surface area contributed by atoms with E-state index in [2.05, 4.69) is 31.3 Å². The number of rotatable bonds is 5. The molecule has 1 aromatic heterocycles. The first-order valence-corrected chi connectivity index (χ1v) is 8.81. The zero-order valence-electron chi connectivity index (χ0n) is 14.1. The van der Waals surface area contributed by atoms with E-state index in [0.29, 0.717) is 18.1 Å². The van der Waals surface area contributed by atoms with Crippen LogP contribution in [0.2, 0.25) is 0 Å². The van der Waals surface area contributed by atoms with E-state index in [0.717, 1.165) is 15.0 Å². The van der Waals surface area contributed by atoms with Crippen molar-refractivity contribution in [1.82, 2.24) is 9.99 Å². The first-order chi connectivity index (χ1) is 12.5. The van der Waals surface area contributed by atoms with E-state index in [4.69, 9.17) is 4.74 Å². The second-order valence-electron chi connectivity index (χ2n) is 5.72. The molecule has 1 aliphatic heterocycles. The summed E-state index contributed by atoms with van der Waals surface area (Å²) in [6.07, 6.45) is 2.00. The van der Waals surface area contributed by atoms with Crippen molar-refractivity contribution in [3.05, 3.63) is 52.6 Å². The third-order valence-corrected chi connectivity index (χ3v) is 4.25. The molecule has 7 nitrogen and oxygen atoms in total. The molecule has 8 heteroatoms. The lowest BCUT2D eigenvalue weighted by Gasteiger charge is -2.18. The first-order valence-electron chi connectivity index (χ1n) is 8.02. The molecule has 0 unspecified atom stereocenters. The van der Waals surface area contributed by atoms with Gasteiger partial charge in [0.15, 0.2) is 0 Å². The number of anilines is 1. The van der Waals surface area contributed by atoms with E-state index in [1.165, 1.54) is 13.2 Å². The molecule has 0 radical (unpaired) electrons. The molecule has 2 heterocycles. The van der Waals surface area contributed by atoms with Crippen LogP contribution in [0.25, 0.3) is 0 Å². The number of aromatic nitrogens is 1. The number of benzene rings is 1. The molecule has 0 fully saturated rings. The first kappa shape index (κ1) is 18.1. The predicted molar refractivity (Wildman–Crippen MR) is 101 cm³/mol. The van der Waals surface area contributed by atoms with Gasteiger partial charge in [-0.05, 0) is 29.8 Å². The maximum absolute atomic E-state index is 12.1. The van der Waals surface area contributed by atoms with E-state index in [1.807, 2.05) is 24.3 Å². The van der Waals surface area contributed by atoms with Gasteiger partial charge in [0.25, 0.3) is 0 Å². The van der Waals surface area contributed by atoms with Crippen molar-refractivity contribution in [3.63, 3.8) is 0 Å². The summed E-state index contributed by atoms with van der Waals surface area (Å²) in [5.74, 6) is 0.306. The Labute approximate surface area is 159 Å². The minimum atomic E-state index is -0.569. The second kappa shape index (κ2) is 8.09. The Morgan fingerprint density at radius 1 is 1.31 bits per heavy atom. The number of esters is 1. The van der Waals surface area contributed by atoms with Gasteiger partial charge >= 0.3 is 5.97 Å². The number of nitrogens with zero attached hydrogens (tertiary/aromatic N) is 3. The van der Waals surface area contributed by atoms with Crippen molar-refractivity contribution in [2.75, 3.05) is 12.4 Å². The average molecular weight is 417 g/mol. The molecule has 1 aromatic carbocycles. The van der Waals surface area contributed by atoms with E-state index < -0.39 is 5.97 Å². The van der Waals surface area contributed by atoms with Gasteiger partial charge in [-0.15, -0.1) is 0 Å². The normalized spacial score (nSPS) is 14.0. The lowest BCUT2D eigenvalue weighted by Crippen LogP contribution is -2.33. The van der Waals surface area contributed by atoms with Gasteiger partial charge in [-0.2, -0.15) is 5.10 Å². The van der Waals surface area contributed by atoms with Crippen molar-refractivity contribution in [2.24, 2.45) is 5.10 Å². The average Bonchev–Trinajstić information content (AvgIpc) is 2.63. The molecule has 1 N–H and O–H groups in total. The molecule has 134 valence electrons. The number of carbonyl (C=O) groups excluding carboxylic acids is 2. The Morgan fingerprint density at radius 3 is 2.85 bits per heavy atom. The van der Waals surface area contributed by atoms with Gasteiger partial charge in [0, 0.05) is 30.9 Å². The summed E-state index contributed by atoms with van der Waals surface area (Å²) in [6, 6.07) is 11.4. The number of amides is 1. The van der Waals surface area contributed by atoms with Crippen LogP contribution in [-0.4, -0.2) is 34.6 Å². The van der Waals surface area contributed by atoms with Crippen LogP contribution in [-0.2, 0) is 16.1 Å². The standard InChI is InChI=1S/C18H17BrN4O3/c1-23-17(24)8-6-15(22-23)18(25)26-14-5-7-16(21-11-14)20-10-12-3-2-4-13(19)9-12/h2-5,7,9,11H,6,8,10H2,1H3,(H,20,21). The van der Waals surface area contributed by atoms with E-state index in [9.17, 15) is 9.59 Å². The molecule has 0 saturated heterocycles. The molecule has 3 rings (SSSR count). The highest BCUT2D eigenvalue weighted by atomic mass is 79.9. The summed E-state index contributed by atoms with van der Waals surface area (Å²) in [4.78, 5) is 27.7. The van der Waals surface area contributed by atoms with Gasteiger partial charge in [0.2, 0.25) is 5.91 Å². The van der Waals surface area contributed by atoms with Gasteiger partial charge in [-0.25, -0.2) is 14.8 Å². The molecule has 0 aliphatic carbocycles. The molecule has 0 spiro atoms. The van der Waals surface area contributed by atoms with Crippen LogP contribution in [0.5, 0.6) is 5.75 Å². The molecular formula is C18H17BrN4O3. The van der Waals surface area contributed by atoms with Gasteiger partial charge in [0.05, 0.1) is 6.20 Å². The number of carbonyl (C=O) groups is 2. The monoisotopic (exact) mass is 416 g/mol. The summed E-state index contributed by atoms with van der Waals surface area (Å²) >= 11 is 3.44. The molecule has 2 aromatic rings. The third kappa shape index (κ3) is 4.66. The van der Waals surface area contributed by atoms with Gasteiger partial charge in [-0.3, -0.25) is 4.79 Å². The Hall–Kier alpha value is -2.74. The summed E-state index contributed by atoms with van der Waals surface area (Å²) in [5, 5.41) is 8.30. The van der Waals surface area contributed by atoms with Crippen molar-refractivity contribution < 1.29 is 14.3 Å². The lowest BCUT2D eigenvalue weighted by atomic mass is 10.2. The van der Waals surface area contributed by atoms with Gasteiger partial charge in [-0.1, -0.05) is 28.1 Å². The largest absolute Gasteiger partial charge is 0.420 e. The minimum absolute atomic E-state index is 0.121. The highest BCUT2D eigenvalue weighted by molar-refractivity contribution is 9.10. The third-order valence-electron chi connectivity index (χ3n) is 3.75. The lowest BCUT2D eigenvalue weighted by molar-refractivity contribution is -0.131. The topological polar surface area (TPSA) is 83.9 Å². The van der Waals surface area contributed by atoms with Crippen LogP contribution in [0.1, 0.15) is 18.4 Å². The molecule has 1 amide bonds. The van der Waals surface area contributed by atoms with Crippen molar-refractivity contribution in [2.45, 2.75) is 19.4 Å². The number of pyridine rings is 1. The van der Waals surface area contributed by atoms with E-state index >= 15 is 0 Å². The fourth-order valence-corrected chi connectivity index (χ4v) is 2.81. The zero-order valence-corrected chi connectivity index (χ0v) is 15.7. The fraction of sp³-hybridized carbons (Fsp3) is 0.222. The quantitative estimate of drug-likeness (QED) is 0.757. The summed E-state index contributed by atoms with van der Waals surface area (Å²) in [6.45, 7) is 0.628. The number of hydrogen-bond donors (Lipinski definition) is 1. The predicted octanol–water partition coefficient (Wildman–Crippen LogP) is 2.97. The molecule has 0 saturated carbocycles. The fourth-order valence-electron chi connectivity index (χ4n) is 2.37. The summed E-state index contributed by atoms with van der Waals surface area (Å²) in [5.41, 5.74) is 1.34. The van der Waals surface area contributed by atoms with Crippen molar-refractivity contribution >= 4 is 39.3 Å². The maximum Gasteiger partial charge on any atom is 0.359 e. The number of nitrogens with one attached hydrogen (secondary N) is 1. The van der Waals surface area contributed by atoms with Crippen LogP contribution < -0.4 is 10.1 Å². The number of hydrazone groups is 1. The highest BCUT2D eigenvalue weighted by Crippen LogP contribution is 2.16. The number of hydrogen-bond acceptors (Lipinski definition) is 6. The second-order valence-corrected chi connectivity index (χ2v) is 6.63. The number of halogens is 1.